The van der Waals surface area contributed by atoms with Gasteiger partial charge in [0.15, 0.2) is 0 Å². The van der Waals surface area contributed by atoms with Crippen molar-refractivity contribution in [3.05, 3.63) is 27.5 Å². The Kier molecular flexibility index (Phi) is 3.94. The van der Waals surface area contributed by atoms with Crippen molar-refractivity contribution < 1.29 is 4.84 Å². The molecule has 1 rings (SSSR count). The molecule has 0 atom stereocenters. The highest BCUT2D eigenvalue weighted by molar-refractivity contribution is 9.10. The lowest BCUT2D eigenvalue weighted by atomic mass is 10.2. The highest BCUT2D eigenvalue weighted by Gasteiger charge is 2.01. The van der Waals surface area contributed by atoms with Crippen LogP contribution in [-0.2, 0) is 11.3 Å². The first-order valence-electron chi connectivity index (χ1n) is 3.35. The molecule has 2 N–H and O–H groups in total. The fourth-order valence-electron chi connectivity index (χ4n) is 0.809. The summed E-state index contributed by atoms with van der Waals surface area (Å²) in [6.07, 6.45) is 2.32. The minimum Gasteiger partial charge on any atom is -0.304 e. The van der Waals surface area contributed by atoms with Crippen molar-refractivity contribution in [2.24, 2.45) is 5.90 Å². The summed E-state index contributed by atoms with van der Waals surface area (Å²) in [6, 6.07) is 1.90. The van der Waals surface area contributed by atoms with E-state index < -0.39 is 0 Å². The maximum Gasteiger partial charge on any atom is 0.132 e. The van der Waals surface area contributed by atoms with Gasteiger partial charge in [0.2, 0.25) is 0 Å². The number of nitrogens with two attached hydrogens (primary N) is 1. The Bertz CT molecular complexity index is 270. The Morgan fingerprint density at radius 2 is 2.42 bits per heavy atom. The normalized spacial score (nSPS) is 10.2. The predicted molar refractivity (Wildman–Crippen MR) is 50.8 cm³/mol. The summed E-state index contributed by atoms with van der Waals surface area (Å²) < 4.78 is 0.902. The molecule has 5 heteroatoms. The van der Waals surface area contributed by atoms with Gasteiger partial charge in [0.05, 0.1) is 6.61 Å². The molecular formula is C7H8BrClN2O. The van der Waals surface area contributed by atoms with Crippen LogP contribution in [0.15, 0.2) is 16.7 Å². The molecule has 3 nitrogen and oxygen atoms in total. The minimum absolute atomic E-state index is 0.442. The van der Waals surface area contributed by atoms with Gasteiger partial charge in [0.1, 0.15) is 5.15 Å². The van der Waals surface area contributed by atoms with Crippen molar-refractivity contribution in [3.8, 4) is 0 Å². The van der Waals surface area contributed by atoms with E-state index in [1.165, 1.54) is 0 Å². The van der Waals surface area contributed by atoms with E-state index in [9.17, 15) is 0 Å². The summed E-state index contributed by atoms with van der Waals surface area (Å²) in [5.74, 6) is 4.89. The molecule has 0 aromatic carbocycles. The van der Waals surface area contributed by atoms with Gasteiger partial charge in [-0.25, -0.2) is 10.9 Å². The van der Waals surface area contributed by atoms with E-state index in [-0.39, 0.29) is 0 Å². The van der Waals surface area contributed by atoms with E-state index in [0.717, 1.165) is 10.0 Å². The topological polar surface area (TPSA) is 48.1 Å². The van der Waals surface area contributed by atoms with Gasteiger partial charge in [-0.05, 0) is 27.6 Å². The molecule has 0 radical (unpaired) electrons. The maximum atomic E-state index is 5.80. The molecule has 0 amide bonds. The predicted octanol–water partition coefficient (Wildman–Crippen LogP) is 1.93. The van der Waals surface area contributed by atoms with Gasteiger partial charge in [-0.1, -0.05) is 11.6 Å². The smallest absolute Gasteiger partial charge is 0.132 e. The summed E-state index contributed by atoms with van der Waals surface area (Å²) in [5, 5.41) is 0.496. The Hall–Kier alpha value is -0.160. The molecule has 0 fully saturated rings. The third kappa shape index (κ3) is 2.71. The SMILES string of the molecule is NOCCc1cc(Br)cnc1Cl. The van der Waals surface area contributed by atoms with Gasteiger partial charge < -0.3 is 4.84 Å². The lowest BCUT2D eigenvalue weighted by Gasteiger charge is -2.02. The van der Waals surface area contributed by atoms with Crippen LogP contribution in [-0.4, -0.2) is 11.6 Å². The minimum atomic E-state index is 0.442. The second-order valence-corrected chi connectivity index (χ2v) is 3.50. The van der Waals surface area contributed by atoms with Crippen LogP contribution in [0.2, 0.25) is 5.15 Å². The average molecular weight is 252 g/mol. The highest BCUT2D eigenvalue weighted by Crippen LogP contribution is 2.18. The fourth-order valence-corrected chi connectivity index (χ4v) is 1.39. The van der Waals surface area contributed by atoms with E-state index >= 15 is 0 Å². The maximum absolute atomic E-state index is 5.80. The zero-order valence-corrected chi connectivity index (χ0v) is 8.60. The number of rotatable bonds is 3. The molecule has 0 unspecified atom stereocenters. The number of pyridine rings is 1. The van der Waals surface area contributed by atoms with Gasteiger partial charge >= 0.3 is 0 Å². The fraction of sp³-hybridized carbons (Fsp3) is 0.286. The van der Waals surface area contributed by atoms with Crippen molar-refractivity contribution in [2.45, 2.75) is 6.42 Å². The van der Waals surface area contributed by atoms with Crippen molar-refractivity contribution in [1.82, 2.24) is 4.98 Å². The summed E-state index contributed by atoms with van der Waals surface area (Å²) in [6.45, 7) is 0.442. The molecule has 0 aliphatic heterocycles. The number of hydrogen-bond acceptors (Lipinski definition) is 3. The van der Waals surface area contributed by atoms with Crippen LogP contribution in [0.3, 0.4) is 0 Å². The number of halogens is 2. The number of aromatic nitrogens is 1. The molecule has 0 saturated heterocycles. The van der Waals surface area contributed by atoms with Gasteiger partial charge in [0.25, 0.3) is 0 Å². The average Bonchev–Trinajstić information content (AvgIpc) is 2.07. The van der Waals surface area contributed by atoms with Crippen LogP contribution in [0, 0.1) is 0 Å². The van der Waals surface area contributed by atoms with Gasteiger partial charge in [-0.15, -0.1) is 0 Å². The summed E-state index contributed by atoms with van der Waals surface area (Å²) in [4.78, 5) is 8.39. The van der Waals surface area contributed by atoms with Crippen molar-refractivity contribution in [2.75, 3.05) is 6.61 Å². The van der Waals surface area contributed by atoms with Crippen molar-refractivity contribution in [3.63, 3.8) is 0 Å². The third-order valence-corrected chi connectivity index (χ3v) is 2.14. The van der Waals surface area contributed by atoms with Crippen molar-refractivity contribution in [1.29, 1.82) is 0 Å². The van der Waals surface area contributed by atoms with Gasteiger partial charge in [0, 0.05) is 17.1 Å². The lowest BCUT2D eigenvalue weighted by molar-refractivity contribution is 0.141. The van der Waals surface area contributed by atoms with Gasteiger partial charge in [-0.3, -0.25) is 0 Å². The second-order valence-electron chi connectivity index (χ2n) is 2.22. The Morgan fingerprint density at radius 1 is 1.67 bits per heavy atom. The molecule has 66 valence electrons. The Balaban J connectivity index is 2.75. The molecule has 0 aliphatic carbocycles. The molecule has 1 aromatic heterocycles. The summed E-state index contributed by atoms with van der Waals surface area (Å²) in [7, 11) is 0. The molecule has 0 bridgehead atoms. The van der Waals surface area contributed by atoms with Crippen LogP contribution >= 0.6 is 27.5 Å². The molecule has 1 heterocycles. The lowest BCUT2D eigenvalue weighted by Crippen LogP contribution is -2.04. The second kappa shape index (κ2) is 4.77. The first-order valence-corrected chi connectivity index (χ1v) is 4.52. The standard InChI is InChI=1S/C7H8BrClN2O/c8-6-3-5(1-2-12-10)7(9)11-4-6/h3-4H,1-2,10H2. The first-order chi connectivity index (χ1) is 5.74. The van der Waals surface area contributed by atoms with E-state index in [4.69, 9.17) is 17.5 Å². The zero-order chi connectivity index (χ0) is 8.97. The molecule has 12 heavy (non-hydrogen) atoms. The summed E-state index contributed by atoms with van der Waals surface area (Å²) >= 11 is 9.10. The van der Waals surface area contributed by atoms with Crippen LogP contribution in [0.1, 0.15) is 5.56 Å². The molecular weight excluding hydrogens is 243 g/mol. The van der Waals surface area contributed by atoms with E-state index in [2.05, 4.69) is 25.8 Å². The highest BCUT2D eigenvalue weighted by atomic mass is 79.9. The van der Waals surface area contributed by atoms with E-state index in [0.29, 0.717) is 18.2 Å². The third-order valence-electron chi connectivity index (χ3n) is 1.37. The molecule has 0 saturated carbocycles. The molecule has 0 spiro atoms. The van der Waals surface area contributed by atoms with Crippen LogP contribution < -0.4 is 5.90 Å². The van der Waals surface area contributed by atoms with Crippen LogP contribution in [0.5, 0.6) is 0 Å². The van der Waals surface area contributed by atoms with Crippen LogP contribution in [0.25, 0.3) is 0 Å². The first kappa shape index (κ1) is 9.92. The largest absolute Gasteiger partial charge is 0.304 e. The number of hydrogen-bond donors (Lipinski definition) is 1. The van der Waals surface area contributed by atoms with Crippen LogP contribution in [0.4, 0.5) is 0 Å². The van der Waals surface area contributed by atoms with E-state index in [1.54, 1.807) is 6.20 Å². The van der Waals surface area contributed by atoms with Gasteiger partial charge in [-0.2, -0.15) is 0 Å². The molecule has 0 aliphatic rings. The monoisotopic (exact) mass is 250 g/mol. The Labute approximate surface area is 84.0 Å². The summed E-state index contributed by atoms with van der Waals surface area (Å²) in [5.41, 5.74) is 0.927. The van der Waals surface area contributed by atoms with E-state index in [1.807, 2.05) is 6.07 Å². The van der Waals surface area contributed by atoms with Crippen molar-refractivity contribution >= 4 is 27.5 Å². The quantitative estimate of drug-likeness (QED) is 0.660. The molecule has 1 aromatic rings. The zero-order valence-electron chi connectivity index (χ0n) is 6.26. The Morgan fingerprint density at radius 3 is 3.08 bits per heavy atom. The number of nitrogens with zero attached hydrogens (tertiary/aromatic N) is 1.